The molecule has 0 aliphatic rings. The van der Waals surface area contributed by atoms with Crippen LogP contribution in [0.2, 0.25) is 0 Å². The van der Waals surface area contributed by atoms with Gasteiger partial charge >= 0.3 is 0 Å². The van der Waals surface area contributed by atoms with E-state index in [1.165, 1.54) is 0 Å². The van der Waals surface area contributed by atoms with Gasteiger partial charge in [0.1, 0.15) is 11.6 Å². The molecule has 0 saturated carbocycles. The second-order valence-electron chi connectivity index (χ2n) is 4.34. The van der Waals surface area contributed by atoms with Crippen LogP contribution < -0.4 is 10.5 Å². The lowest BCUT2D eigenvalue weighted by molar-refractivity contribution is 0.415. The molecule has 5 nitrogen and oxygen atoms in total. The van der Waals surface area contributed by atoms with Crippen molar-refractivity contribution in [3.8, 4) is 16.9 Å². The van der Waals surface area contributed by atoms with Crippen molar-refractivity contribution in [2.24, 2.45) is 0 Å². The predicted octanol–water partition coefficient (Wildman–Crippen LogP) is 2.30. The average Bonchev–Trinajstić information content (AvgIpc) is 2.81. The summed E-state index contributed by atoms with van der Waals surface area (Å²) in [4.78, 5) is 4.37. The maximum Gasteiger partial charge on any atom is 0.157 e. The zero-order valence-corrected chi connectivity index (χ0v) is 10.8. The molecule has 0 atom stereocenters. The van der Waals surface area contributed by atoms with E-state index >= 15 is 0 Å². The second kappa shape index (κ2) is 4.28. The molecule has 0 amide bonds. The number of methoxy groups -OCH3 is 1. The number of anilines is 1. The van der Waals surface area contributed by atoms with E-state index in [2.05, 4.69) is 10.1 Å². The first-order valence-corrected chi connectivity index (χ1v) is 5.94. The third kappa shape index (κ3) is 1.89. The molecule has 3 rings (SSSR count). The number of aromatic nitrogens is 3. The Balaban J connectivity index is 2.21. The number of rotatable bonds is 2. The summed E-state index contributed by atoms with van der Waals surface area (Å²) < 4.78 is 6.88. The van der Waals surface area contributed by atoms with E-state index in [0.717, 1.165) is 28.2 Å². The average molecular weight is 254 g/mol. The molecule has 0 aliphatic heterocycles. The van der Waals surface area contributed by atoms with Crippen molar-refractivity contribution in [3.05, 3.63) is 42.2 Å². The number of hydrogen-bond acceptors (Lipinski definition) is 4. The van der Waals surface area contributed by atoms with E-state index in [1.807, 2.05) is 37.3 Å². The normalized spacial score (nSPS) is 10.8. The van der Waals surface area contributed by atoms with Crippen LogP contribution in [0.3, 0.4) is 0 Å². The summed E-state index contributed by atoms with van der Waals surface area (Å²) >= 11 is 0. The van der Waals surface area contributed by atoms with Gasteiger partial charge in [0.05, 0.1) is 12.8 Å². The third-order valence-corrected chi connectivity index (χ3v) is 3.02. The number of hydrogen-bond donors (Lipinski definition) is 1. The molecule has 0 unspecified atom stereocenters. The van der Waals surface area contributed by atoms with Crippen LogP contribution in [0.4, 0.5) is 5.82 Å². The molecule has 2 aromatic heterocycles. The summed E-state index contributed by atoms with van der Waals surface area (Å²) in [7, 11) is 1.64. The summed E-state index contributed by atoms with van der Waals surface area (Å²) in [6.07, 6.45) is 1.76. The van der Waals surface area contributed by atoms with E-state index in [9.17, 15) is 0 Å². The van der Waals surface area contributed by atoms with Gasteiger partial charge < -0.3 is 10.5 Å². The van der Waals surface area contributed by atoms with E-state index in [1.54, 1.807) is 17.8 Å². The van der Waals surface area contributed by atoms with Crippen LogP contribution in [0.1, 0.15) is 5.69 Å². The highest BCUT2D eigenvalue weighted by atomic mass is 16.5. The minimum absolute atomic E-state index is 0.575. The fourth-order valence-corrected chi connectivity index (χ4v) is 2.08. The maximum absolute atomic E-state index is 6.18. The molecule has 0 radical (unpaired) electrons. The lowest BCUT2D eigenvalue weighted by Crippen LogP contribution is -2.02. The molecule has 2 N–H and O–H groups in total. The summed E-state index contributed by atoms with van der Waals surface area (Å²) in [6.45, 7) is 1.92. The van der Waals surface area contributed by atoms with E-state index in [0.29, 0.717) is 5.82 Å². The molecule has 0 aliphatic carbocycles. The Bertz CT molecular complexity index is 748. The quantitative estimate of drug-likeness (QED) is 0.762. The molecule has 1 aromatic carbocycles. The van der Waals surface area contributed by atoms with Crippen molar-refractivity contribution >= 4 is 11.5 Å². The molecule has 0 bridgehead atoms. The lowest BCUT2D eigenvalue weighted by Gasteiger charge is -2.08. The minimum Gasteiger partial charge on any atom is -0.497 e. The molecule has 0 saturated heterocycles. The first-order valence-electron chi connectivity index (χ1n) is 5.94. The Morgan fingerprint density at radius 3 is 2.89 bits per heavy atom. The van der Waals surface area contributed by atoms with Gasteiger partial charge in [-0.05, 0) is 24.6 Å². The van der Waals surface area contributed by atoms with Crippen molar-refractivity contribution in [2.45, 2.75) is 6.92 Å². The first kappa shape index (κ1) is 11.5. The van der Waals surface area contributed by atoms with E-state index in [4.69, 9.17) is 10.5 Å². The molecule has 96 valence electrons. The highest BCUT2D eigenvalue weighted by Gasteiger charge is 2.10. The van der Waals surface area contributed by atoms with Crippen molar-refractivity contribution in [2.75, 3.05) is 12.8 Å². The van der Waals surface area contributed by atoms with Crippen LogP contribution in [0.15, 0.2) is 36.5 Å². The number of fused-ring (bicyclic) bond motifs is 1. The zero-order valence-electron chi connectivity index (χ0n) is 10.8. The first-order chi connectivity index (χ1) is 9.19. The fraction of sp³-hybridized carbons (Fsp3) is 0.143. The summed E-state index contributed by atoms with van der Waals surface area (Å²) in [5, 5.41) is 4.34. The van der Waals surface area contributed by atoms with Crippen molar-refractivity contribution < 1.29 is 4.74 Å². The highest BCUT2D eigenvalue weighted by molar-refractivity contribution is 5.75. The zero-order chi connectivity index (χ0) is 13.4. The van der Waals surface area contributed by atoms with E-state index in [-0.39, 0.29) is 0 Å². The second-order valence-corrected chi connectivity index (χ2v) is 4.34. The van der Waals surface area contributed by atoms with Gasteiger partial charge in [-0.15, -0.1) is 0 Å². The van der Waals surface area contributed by atoms with Crippen LogP contribution in [-0.2, 0) is 0 Å². The van der Waals surface area contributed by atoms with Gasteiger partial charge in [-0.2, -0.15) is 9.61 Å². The lowest BCUT2D eigenvalue weighted by atomic mass is 10.1. The fourth-order valence-electron chi connectivity index (χ4n) is 2.08. The molecule has 0 spiro atoms. The van der Waals surface area contributed by atoms with Crippen LogP contribution in [0.25, 0.3) is 16.8 Å². The van der Waals surface area contributed by atoms with Crippen molar-refractivity contribution in [1.82, 2.24) is 14.6 Å². The van der Waals surface area contributed by atoms with Crippen LogP contribution in [-0.4, -0.2) is 21.7 Å². The number of nitrogens with two attached hydrogens (primary N) is 1. The Labute approximate surface area is 110 Å². The minimum atomic E-state index is 0.575. The topological polar surface area (TPSA) is 65.4 Å². The number of ether oxygens (including phenoxy) is 1. The van der Waals surface area contributed by atoms with Gasteiger partial charge in [0.15, 0.2) is 5.65 Å². The summed E-state index contributed by atoms with van der Waals surface area (Å²) in [6, 6.07) is 9.61. The van der Waals surface area contributed by atoms with E-state index < -0.39 is 0 Å². The van der Waals surface area contributed by atoms with Crippen molar-refractivity contribution in [1.29, 1.82) is 0 Å². The van der Waals surface area contributed by atoms with Gasteiger partial charge in [-0.1, -0.05) is 12.1 Å². The largest absolute Gasteiger partial charge is 0.497 e. The van der Waals surface area contributed by atoms with Gasteiger partial charge in [0.25, 0.3) is 0 Å². The van der Waals surface area contributed by atoms with Gasteiger partial charge in [0, 0.05) is 17.8 Å². The monoisotopic (exact) mass is 254 g/mol. The molecule has 0 fully saturated rings. The van der Waals surface area contributed by atoms with Crippen LogP contribution in [0, 0.1) is 6.92 Å². The molecular weight excluding hydrogens is 240 g/mol. The molecule has 19 heavy (non-hydrogen) atoms. The standard InChI is InChI=1S/C14H14N4O/c1-9-6-13-16-8-12(14(15)18(13)17-9)10-4-3-5-11(7-10)19-2/h3-8H,15H2,1-2H3. The number of benzene rings is 1. The number of nitrogen functional groups attached to an aromatic ring is 1. The molecule has 2 heterocycles. The highest BCUT2D eigenvalue weighted by Crippen LogP contribution is 2.28. The van der Waals surface area contributed by atoms with Gasteiger partial charge in [-0.25, -0.2) is 4.98 Å². The Kier molecular flexibility index (Phi) is 2.59. The number of nitrogens with zero attached hydrogens (tertiary/aromatic N) is 3. The maximum atomic E-state index is 6.18. The summed E-state index contributed by atoms with van der Waals surface area (Å²) in [5.74, 6) is 1.36. The van der Waals surface area contributed by atoms with Crippen LogP contribution in [0.5, 0.6) is 5.75 Å². The Morgan fingerprint density at radius 1 is 1.26 bits per heavy atom. The molecular formula is C14H14N4O. The number of aryl methyl sites for hydroxylation is 1. The Hall–Kier alpha value is -2.56. The SMILES string of the molecule is COc1cccc(-c2cnc3cc(C)nn3c2N)c1. The van der Waals surface area contributed by atoms with Gasteiger partial charge in [0.2, 0.25) is 0 Å². The molecule has 5 heteroatoms. The van der Waals surface area contributed by atoms with Gasteiger partial charge in [-0.3, -0.25) is 0 Å². The smallest absolute Gasteiger partial charge is 0.157 e. The Morgan fingerprint density at radius 2 is 2.11 bits per heavy atom. The van der Waals surface area contributed by atoms with Crippen molar-refractivity contribution in [3.63, 3.8) is 0 Å². The third-order valence-electron chi connectivity index (χ3n) is 3.02. The summed E-state index contributed by atoms with van der Waals surface area (Å²) in [5.41, 5.74) is 9.62. The van der Waals surface area contributed by atoms with Crippen LogP contribution >= 0.6 is 0 Å². The molecule has 3 aromatic rings. The predicted molar refractivity (Wildman–Crippen MR) is 74.1 cm³/mol.